The van der Waals surface area contributed by atoms with Gasteiger partial charge < -0.3 is 4.90 Å². The van der Waals surface area contributed by atoms with E-state index in [9.17, 15) is 13.6 Å². The maximum atomic E-state index is 14.4. The summed E-state index contributed by atoms with van der Waals surface area (Å²) in [4.78, 5) is 14.4. The van der Waals surface area contributed by atoms with Gasteiger partial charge in [0.2, 0.25) is 0 Å². The molecule has 2 aromatic rings. The van der Waals surface area contributed by atoms with E-state index in [0.29, 0.717) is 12.1 Å². The Morgan fingerprint density at radius 2 is 1.88 bits per heavy atom. The second-order valence-corrected chi connectivity index (χ2v) is 12.3. The number of hydrogen-bond acceptors (Lipinski definition) is 1. The van der Waals surface area contributed by atoms with E-state index in [2.05, 4.69) is 31.1 Å². The summed E-state index contributed by atoms with van der Waals surface area (Å²) >= 11 is 0. The van der Waals surface area contributed by atoms with Crippen molar-refractivity contribution in [2.45, 2.75) is 38.6 Å². The van der Waals surface area contributed by atoms with Crippen LogP contribution in [0.1, 0.15) is 33.9 Å². The Labute approximate surface area is 153 Å². The van der Waals surface area contributed by atoms with Gasteiger partial charge in [-0.1, -0.05) is 37.8 Å². The monoisotopic (exact) mass is 369 g/mol. The van der Waals surface area contributed by atoms with E-state index in [1.54, 1.807) is 11.0 Å². The minimum absolute atomic E-state index is 0.163. The Kier molecular flexibility index (Phi) is 4.97. The Morgan fingerprint density at radius 3 is 2.58 bits per heavy atom. The first-order valence-electron chi connectivity index (χ1n) is 8.60. The van der Waals surface area contributed by atoms with Crippen molar-refractivity contribution >= 4 is 14.0 Å². The van der Waals surface area contributed by atoms with Crippen LogP contribution in [0.3, 0.4) is 0 Å². The summed E-state index contributed by atoms with van der Waals surface area (Å²) in [6.45, 7) is 6.74. The van der Waals surface area contributed by atoms with Gasteiger partial charge in [0.1, 0.15) is 19.7 Å². The lowest BCUT2D eigenvalue weighted by atomic mass is 10.0. The van der Waals surface area contributed by atoms with Crippen LogP contribution in [-0.4, -0.2) is 18.9 Å². The van der Waals surface area contributed by atoms with Crippen molar-refractivity contribution < 1.29 is 13.6 Å². The largest absolute Gasteiger partial charge is 0.326 e. The minimum Gasteiger partial charge on any atom is -0.326 e. The number of hydrogen-bond donors (Lipinski definition) is 0. The van der Waals surface area contributed by atoms with Crippen LogP contribution in [0.15, 0.2) is 42.5 Å². The molecule has 0 N–H and O–H groups in total. The molecule has 2 nitrogen and oxygen atoms in total. The molecule has 2 aromatic carbocycles. The van der Waals surface area contributed by atoms with Gasteiger partial charge in [0.15, 0.2) is 0 Å². The first-order chi connectivity index (χ1) is 12.3. The number of carbonyl (C=O) groups is 1. The lowest BCUT2D eigenvalue weighted by Gasteiger charge is -2.27. The van der Waals surface area contributed by atoms with Crippen molar-refractivity contribution in [2.24, 2.45) is 0 Å². The highest BCUT2D eigenvalue weighted by atomic mass is 28.3. The van der Waals surface area contributed by atoms with E-state index in [4.69, 9.17) is 0 Å². The minimum atomic E-state index is -1.60. The normalized spacial score (nSPS) is 14.7. The van der Waals surface area contributed by atoms with Crippen LogP contribution < -0.4 is 0 Å². The summed E-state index contributed by atoms with van der Waals surface area (Å²) in [5.41, 5.74) is 4.95. The maximum absolute atomic E-state index is 14.4. The molecule has 0 bridgehead atoms. The number of halogens is 2. The van der Waals surface area contributed by atoms with E-state index >= 15 is 0 Å². The zero-order valence-corrected chi connectivity index (χ0v) is 16.1. The average Bonchev–Trinajstić information content (AvgIpc) is 2.90. The van der Waals surface area contributed by atoms with Gasteiger partial charge in [0.25, 0.3) is 5.91 Å². The van der Waals surface area contributed by atoms with Gasteiger partial charge >= 0.3 is 0 Å². The number of nitrogens with zero attached hydrogens (tertiary/aromatic N) is 1. The zero-order valence-electron chi connectivity index (χ0n) is 15.1. The number of fused-ring (bicyclic) bond motifs is 1. The number of amides is 1. The molecule has 1 heterocycles. The fourth-order valence-electron chi connectivity index (χ4n) is 3.10. The molecule has 0 radical (unpaired) electrons. The Morgan fingerprint density at radius 1 is 1.15 bits per heavy atom. The summed E-state index contributed by atoms with van der Waals surface area (Å²) in [5, 5.41) is 0. The van der Waals surface area contributed by atoms with Crippen LogP contribution in [0.4, 0.5) is 8.78 Å². The van der Waals surface area contributed by atoms with Crippen LogP contribution in [0, 0.1) is 23.1 Å². The molecule has 134 valence electrons. The summed E-state index contributed by atoms with van der Waals surface area (Å²) in [5.74, 6) is 1.92. The van der Waals surface area contributed by atoms with Crippen LogP contribution in [0.2, 0.25) is 19.6 Å². The van der Waals surface area contributed by atoms with Crippen molar-refractivity contribution in [1.82, 2.24) is 4.90 Å². The highest BCUT2D eigenvalue weighted by Crippen LogP contribution is 2.34. The fourth-order valence-corrected chi connectivity index (χ4v) is 3.73. The number of carbonyl (C=O) groups excluding carboxylic acids is 1. The molecule has 0 fully saturated rings. The molecule has 0 saturated carbocycles. The van der Waals surface area contributed by atoms with Gasteiger partial charge in [-0.3, -0.25) is 4.79 Å². The Hall–Kier alpha value is -2.45. The zero-order chi connectivity index (χ0) is 18.9. The lowest BCUT2D eigenvalue weighted by molar-refractivity contribution is 0.0701. The highest BCUT2D eigenvalue weighted by Gasteiger charge is 2.34. The molecule has 1 atom stereocenters. The highest BCUT2D eigenvalue weighted by molar-refractivity contribution is 6.83. The predicted octanol–water partition coefficient (Wildman–Crippen LogP) is 4.93. The van der Waals surface area contributed by atoms with E-state index in [1.807, 2.05) is 18.2 Å². The molecule has 1 aliphatic heterocycles. The first-order valence-corrected chi connectivity index (χ1v) is 12.1. The third-order valence-corrected chi connectivity index (χ3v) is 5.23. The van der Waals surface area contributed by atoms with Gasteiger partial charge in [-0.25, -0.2) is 8.78 Å². The first kappa shape index (κ1) is 18.3. The molecular formula is C21H21F2NOSi. The van der Waals surface area contributed by atoms with E-state index < -0.39 is 25.8 Å². The van der Waals surface area contributed by atoms with Crippen LogP contribution >= 0.6 is 0 Å². The van der Waals surface area contributed by atoms with Crippen LogP contribution in [0.25, 0.3) is 0 Å². The third-order valence-electron chi connectivity index (χ3n) is 4.30. The fraction of sp³-hybridized carbons (Fsp3) is 0.286. The molecule has 26 heavy (non-hydrogen) atoms. The summed E-state index contributed by atoms with van der Waals surface area (Å²) < 4.78 is 28.2. The SMILES string of the molecule is C[Si](C)(C)C#CCC(c1cc(F)ccc1F)N1Cc2ccccc2C1=O. The molecule has 0 aromatic heterocycles. The predicted molar refractivity (Wildman–Crippen MR) is 101 cm³/mol. The standard InChI is InChI=1S/C21H21F2NOSi/c1-26(2,3)12-6-9-20(18-13-16(22)10-11-19(18)23)24-14-15-7-4-5-8-17(15)21(24)25/h4-5,7-8,10-11,13,20H,9,14H2,1-3H3. The molecule has 5 heteroatoms. The van der Waals surface area contributed by atoms with E-state index in [-0.39, 0.29) is 17.9 Å². The van der Waals surface area contributed by atoms with E-state index in [1.165, 1.54) is 6.07 Å². The molecule has 0 saturated heterocycles. The van der Waals surface area contributed by atoms with E-state index in [0.717, 1.165) is 17.7 Å². The summed E-state index contributed by atoms with van der Waals surface area (Å²) in [6, 6.07) is 10.1. The molecule has 0 spiro atoms. The second kappa shape index (κ2) is 7.04. The van der Waals surface area contributed by atoms with Gasteiger partial charge in [-0.2, -0.15) is 0 Å². The molecule has 0 aliphatic carbocycles. The second-order valence-electron chi connectivity index (χ2n) is 7.53. The number of rotatable bonds is 3. The lowest BCUT2D eigenvalue weighted by Crippen LogP contribution is -2.30. The Bertz CT molecular complexity index is 908. The molecular weight excluding hydrogens is 348 g/mol. The summed E-state index contributed by atoms with van der Waals surface area (Å²) in [6.07, 6.45) is 0.282. The van der Waals surface area contributed by atoms with Gasteiger partial charge in [-0.05, 0) is 29.8 Å². The maximum Gasteiger partial charge on any atom is 0.255 e. The number of benzene rings is 2. The van der Waals surface area contributed by atoms with Crippen molar-refractivity contribution in [3.8, 4) is 11.5 Å². The molecule has 1 unspecified atom stereocenters. The van der Waals surface area contributed by atoms with Gasteiger partial charge in [0.05, 0.1) is 6.04 Å². The quantitative estimate of drug-likeness (QED) is 0.555. The molecule has 1 aliphatic rings. The topological polar surface area (TPSA) is 20.3 Å². The van der Waals surface area contributed by atoms with Crippen molar-refractivity contribution in [3.63, 3.8) is 0 Å². The van der Waals surface area contributed by atoms with Crippen molar-refractivity contribution in [3.05, 3.63) is 70.8 Å². The molecule has 1 amide bonds. The summed E-state index contributed by atoms with van der Waals surface area (Å²) in [7, 11) is -1.60. The third kappa shape index (κ3) is 3.86. The smallest absolute Gasteiger partial charge is 0.255 e. The molecule has 3 rings (SSSR count). The van der Waals surface area contributed by atoms with Crippen molar-refractivity contribution in [1.29, 1.82) is 0 Å². The van der Waals surface area contributed by atoms with Crippen molar-refractivity contribution in [2.75, 3.05) is 0 Å². The van der Waals surface area contributed by atoms with Gasteiger partial charge in [0, 0.05) is 24.1 Å². The van der Waals surface area contributed by atoms with Gasteiger partial charge in [-0.15, -0.1) is 11.5 Å². The van der Waals surface area contributed by atoms with Crippen LogP contribution in [-0.2, 0) is 6.54 Å². The average molecular weight is 369 g/mol. The van der Waals surface area contributed by atoms with Crippen LogP contribution in [0.5, 0.6) is 0 Å². The Balaban J connectivity index is 2.00.